The Morgan fingerprint density at radius 2 is 2.00 bits per heavy atom. The molecule has 4 nitrogen and oxygen atoms in total. The highest BCUT2D eigenvalue weighted by atomic mass is 16.1. The predicted octanol–water partition coefficient (Wildman–Crippen LogP) is 2.61. The third-order valence-electron chi connectivity index (χ3n) is 3.88. The van der Waals surface area contributed by atoms with Crippen LogP contribution < -0.4 is 10.9 Å². The molecule has 4 heteroatoms. The van der Waals surface area contributed by atoms with Gasteiger partial charge in [-0.25, -0.2) is 0 Å². The van der Waals surface area contributed by atoms with Crippen LogP contribution in [0.2, 0.25) is 0 Å². The van der Waals surface area contributed by atoms with Gasteiger partial charge in [-0.15, -0.1) is 0 Å². The Morgan fingerprint density at radius 3 is 2.75 bits per heavy atom. The Balaban J connectivity index is 2.07. The van der Waals surface area contributed by atoms with Gasteiger partial charge in [0, 0.05) is 22.6 Å². The van der Waals surface area contributed by atoms with Crippen LogP contribution in [0.3, 0.4) is 0 Å². The molecule has 0 spiro atoms. The lowest BCUT2D eigenvalue weighted by molar-refractivity contribution is -0.118. The van der Waals surface area contributed by atoms with Crippen molar-refractivity contribution in [2.45, 2.75) is 33.1 Å². The van der Waals surface area contributed by atoms with Gasteiger partial charge < -0.3 is 10.3 Å². The van der Waals surface area contributed by atoms with E-state index in [1.54, 1.807) is 0 Å². The third kappa shape index (κ3) is 2.11. The fourth-order valence-electron chi connectivity index (χ4n) is 2.76. The summed E-state index contributed by atoms with van der Waals surface area (Å²) in [6.45, 7) is 3.70. The summed E-state index contributed by atoms with van der Waals surface area (Å²) in [6, 6.07) is 5.74. The van der Waals surface area contributed by atoms with E-state index in [0.29, 0.717) is 0 Å². The second kappa shape index (κ2) is 4.78. The maximum absolute atomic E-state index is 12.0. The van der Waals surface area contributed by atoms with Crippen molar-refractivity contribution < 1.29 is 4.79 Å². The Labute approximate surface area is 117 Å². The first-order valence-electron chi connectivity index (χ1n) is 7.05. The van der Waals surface area contributed by atoms with Gasteiger partial charge in [0.2, 0.25) is 5.91 Å². The van der Waals surface area contributed by atoms with Crippen molar-refractivity contribution in [3.63, 3.8) is 0 Å². The fourth-order valence-corrected chi connectivity index (χ4v) is 2.76. The summed E-state index contributed by atoms with van der Waals surface area (Å²) in [4.78, 5) is 26.7. The summed E-state index contributed by atoms with van der Waals surface area (Å²) in [5.74, 6) is -0.0855. The van der Waals surface area contributed by atoms with Crippen LogP contribution in [0.15, 0.2) is 23.0 Å². The van der Waals surface area contributed by atoms with Gasteiger partial charge in [0.05, 0.1) is 5.52 Å². The molecule has 1 heterocycles. The summed E-state index contributed by atoms with van der Waals surface area (Å²) in [6.07, 6.45) is 2.88. The molecule has 2 aromatic rings. The molecule has 0 saturated carbocycles. The molecule has 0 atom stereocenters. The highest BCUT2D eigenvalue weighted by Crippen LogP contribution is 2.27. The lowest BCUT2D eigenvalue weighted by atomic mass is 10.1. The molecule has 1 aromatic heterocycles. The van der Waals surface area contributed by atoms with Crippen LogP contribution in [-0.2, 0) is 17.6 Å². The number of H-pyrrole nitrogens is 1. The standard InChI is InChI=1S/C16H18N2O2/c1-9(2)15(19)17-10-6-7-12-11-4-3-5-13(11)16(20)18-14(12)8-10/h6-9H,3-5H2,1-2H3,(H,17,19)(H,18,20). The largest absolute Gasteiger partial charge is 0.326 e. The minimum atomic E-state index is -0.0650. The van der Waals surface area contributed by atoms with Crippen molar-refractivity contribution >= 4 is 22.5 Å². The van der Waals surface area contributed by atoms with Crippen molar-refractivity contribution in [3.05, 3.63) is 39.7 Å². The number of pyridine rings is 1. The van der Waals surface area contributed by atoms with Crippen LogP contribution >= 0.6 is 0 Å². The van der Waals surface area contributed by atoms with Crippen molar-refractivity contribution in [2.75, 3.05) is 5.32 Å². The zero-order valence-corrected chi connectivity index (χ0v) is 11.7. The highest BCUT2D eigenvalue weighted by molar-refractivity contribution is 5.95. The fraction of sp³-hybridized carbons (Fsp3) is 0.375. The molecule has 0 fully saturated rings. The monoisotopic (exact) mass is 270 g/mol. The van der Waals surface area contributed by atoms with Gasteiger partial charge in [0.1, 0.15) is 0 Å². The first-order valence-corrected chi connectivity index (χ1v) is 7.05. The van der Waals surface area contributed by atoms with Crippen LogP contribution in [0.5, 0.6) is 0 Å². The number of carbonyl (C=O) groups excluding carboxylic acids is 1. The molecule has 0 saturated heterocycles. The number of fused-ring (bicyclic) bond motifs is 3. The molecule has 1 aromatic carbocycles. The van der Waals surface area contributed by atoms with E-state index < -0.39 is 0 Å². The first-order chi connectivity index (χ1) is 9.56. The van der Waals surface area contributed by atoms with Crippen molar-refractivity contribution in [2.24, 2.45) is 5.92 Å². The average molecular weight is 270 g/mol. The van der Waals surface area contributed by atoms with Crippen LogP contribution in [0.1, 0.15) is 31.4 Å². The molecular weight excluding hydrogens is 252 g/mol. The molecular formula is C16H18N2O2. The highest BCUT2D eigenvalue weighted by Gasteiger charge is 2.18. The van der Waals surface area contributed by atoms with Gasteiger partial charge >= 0.3 is 0 Å². The van der Waals surface area contributed by atoms with Crippen LogP contribution in [0.25, 0.3) is 10.9 Å². The maximum Gasteiger partial charge on any atom is 0.251 e. The number of benzene rings is 1. The number of anilines is 1. The topological polar surface area (TPSA) is 62.0 Å². The predicted molar refractivity (Wildman–Crippen MR) is 80.1 cm³/mol. The van der Waals surface area contributed by atoms with E-state index in [1.165, 1.54) is 5.56 Å². The van der Waals surface area contributed by atoms with E-state index in [-0.39, 0.29) is 17.4 Å². The molecule has 104 valence electrons. The van der Waals surface area contributed by atoms with E-state index in [9.17, 15) is 9.59 Å². The van der Waals surface area contributed by atoms with E-state index in [4.69, 9.17) is 0 Å². The normalized spacial score (nSPS) is 13.8. The Hall–Kier alpha value is -2.10. The van der Waals surface area contributed by atoms with E-state index in [0.717, 1.165) is 41.4 Å². The van der Waals surface area contributed by atoms with Gasteiger partial charge in [-0.3, -0.25) is 9.59 Å². The van der Waals surface area contributed by atoms with E-state index >= 15 is 0 Å². The van der Waals surface area contributed by atoms with Crippen LogP contribution in [-0.4, -0.2) is 10.9 Å². The zero-order chi connectivity index (χ0) is 14.3. The van der Waals surface area contributed by atoms with E-state index in [2.05, 4.69) is 10.3 Å². The Morgan fingerprint density at radius 1 is 1.25 bits per heavy atom. The summed E-state index contributed by atoms with van der Waals surface area (Å²) in [7, 11) is 0. The molecule has 0 aliphatic heterocycles. The van der Waals surface area contributed by atoms with Gasteiger partial charge in [-0.05, 0) is 37.0 Å². The van der Waals surface area contributed by atoms with Crippen LogP contribution in [0.4, 0.5) is 5.69 Å². The molecule has 1 aliphatic rings. The van der Waals surface area contributed by atoms with Gasteiger partial charge in [-0.2, -0.15) is 0 Å². The zero-order valence-electron chi connectivity index (χ0n) is 11.7. The molecule has 0 radical (unpaired) electrons. The molecule has 0 bridgehead atoms. The number of carbonyl (C=O) groups is 1. The van der Waals surface area contributed by atoms with Gasteiger partial charge in [0.15, 0.2) is 0 Å². The van der Waals surface area contributed by atoms with Crippen molar-refractivity contribution in [3.8, 4) is 0 Å². The number of rotatable bonds is 2. The summed E-state index contributed by atoms with van der Waals surface area (Å²) in [5, 5.41) is 3.96. The molecule has 1 aliphatic carbocycles. The van der Waals surface area contributed by atoms with Crippen molar-refractivity contribution in [1.29, 1.82) is 0 Å². The lowest BCUT2D eigenvalue weighted by Gasteiger charge is -2.10. The van der Waals surface area contributed by atoms with Gasteiger partial charge in [0.25, 0.3) is 5.56 Å². The number of amides is 1. The number of hydrogen-bond acceptors (Lipinski definition) is 2. The van der Waals surface area contributed by atoms with Crippen molar-refractivity contribution in [1.82, 2.24) is 4.98 Å². The number of aromatic nitrogens is 1. The van der Waals surface area contributed by atoms with Crippen LogP contribution in [0, 0.1) is 5.92 Å². The number of aryl methyl sites for hydroxylation is 1. The molecule has 2 N–H and O–H groups in total. The number of hydrogen-bond donors (Lipinski definition) is 2. The smallest absolute Gasteiger partial charge is 0.251 e. The summed E-state index contributed by atoms with van der Waals surface area (Å²) < 4.78 is 0. The van der Waals surface area contributed by atoms with E-state index in [1.807, 2.05) is 32.0 Å². The quantitative estimate of drug-likeness (QED) is 0.881. The first kappa shape index (κ1) is 12.9. The lowest BCUT2D eigenvalue weighted by Crippen LogP contribution is -2.18. The SMILES string of the molecule is CC(C)C(=O)Nc1ccc2c3c(c(=O)[nH]c2c1)CCC3. The Kier molecular flexibility index (Phi) is 3.08. The minimum Gasteiger partial charge on any atom is -0.326 e. The second-order valence-electron chi connectivity index (χ2n) is 5.67. The second-order valence-corrected chi connectivity index (χ2v) is 5.67. The molecule has 0 unspecified atom stereocenters. The van der Waals surface area contributed by atoms with Gasteiger partial charge in [-0.1, -0.05) is 19.9 Å². The summed E-state index contributed by atoms with van der Waals surface area (Å²) >= 11 is 0. The molecule has 3 rings (SSSR count). The Bertz CT molecular complexity index is 744. The molecule has 20 heavy (non-hydrogen) atoms. The third-order valence-corrected chi connectivity index (χ3v) is 3.88. The maximum atomic E-state index is 12.0. The molecule has 1 amide bonds. The number of nitrogens with one attached hydrogen (secondary N) is 2. The minimum absolute atomic E-state index is 0.0114. The summed E-state index contributed by atoms with van der Waals surface area (Å²) in [5.41, 5.74) is 3.64. The number of aromatic amines is 1. The average Bonchev–Trinajstić information content (AvgIpc) is 2.88.